The van der Waals surface area contributed by atoms with Crippen molar-refractivity contribution >= 4 is 99.5 Å². The summed E-state index contributed by atoms with van der Waals surface area (Å²) in [7, 11) is 0. The summed E-state index contributed by atoms with van der Waals surface area (Å²) in [4.78, 5) is 37.3. The zero-order valence-electron chi connectivity index (χ0n) is 66.7. The van der Waals surface area contributed by atoms with Gasteiger partial charge in [-0.25, -0.2) is 24.9 Å². The number of para-hydroxylation sites is 9. The van der Waals surface area contributed by atoms with Crippen LogP contribution in [0.3, 0.4) is 0 Å². The highest BCUT2D eigenvalue weighted by Gasteiger charge is 2.23. The zero-order valence-corrected chi connectivity index (χ0v) is 67.5. The number of nitrogens with zero attached hydrogens (tertiary/aromatic N) is 8. The van der Waals surface area contributed by atoms with Gasteiger partial charge in [0.05, 0.1) is 63.3 Å². The summed E-state index contributed by atoms with van der Waals surface area (Å²) < 4.78 is 41.8. The van der Waals surface area contributed by atoms with Crippen LogP contribution in [-0.4, -0.2) is 83.9 Å². The maximum absolute atomic E-state index is 10.4. The predicted molar refractivity (Wildman–Crippen MR) is 476 cm³/mol. The lowest BCUT2D eigenvalue weighted by Gasteiger charge is -2.13. The van der Waals surface area contributed by atoms with E-state index in [2.05, 4.69) is 53.1 Å². The highest BCUT2D eigenvalue weighted by Crippen LogP contribution is 2.43. The molecular formula is C100H80N8O11S. The Morgan fingerprint density at radius 1 is 0.258 bits per heavy atom. The van der Waals surface area contributed by atoms with E-state index in [1.807, 2.05) is 242 Å². The van der Waals surface area contributed by atoms with E-state index in [4.69, 9.17) is 56.8 Å². The molecule has 0 fully saturated rings. The molecular weight excluding hydrogens is 1520 g/mol. The summed E-state index contributed by atoms with van der Waals surface area (Å²) in [6.45, 7) is 16.0. The molecule has 0 atom stereocenters. The second kappa shape index (κ2) is 33.7. The average Bonchev–Trinajstić information content (AvgIpc) is 1.47. The number of aromatic nitrogens is 8. The monoisotopic (exact) mass is 1600 g/mol. The summed E-state index contributed by atoms with van der Waals surface area (Å²) in [5, 5.41) is 50.9. The van der Waals surface area contributed by atoms with Crippen LogP contribution in [-0.2, 0) is 0 Å². The van der Waals surface area contributed by atoms with Crippen molar-refractivity contribution in [3.63, 3.8) is 0 Å². The normalized spacial score (nSPS) is 11.5. The van der Waals surface area contributed by atoms with Crippen molar-refractivity contribution in [2.45, 2.75) is 84.0 Å². The quantitative estimate of drug-likeness (QED) is 0.0517. The lowest BCUT2D eigenvalue weighted by atomic mass is 10.0. The van der Waals surface area contributed by atoms with Crippen LogP contribution in [0.5, 0.6) is 40.6 Å². The number of fused-ring (bicyclic) bond motifs is 12. The minimum absolute atomic E-state index is 0.0368. The third-order valence-corrected chi connectivity index (χ3v) is 20.4. The van der Waals surface area contributed by atoms with Gasteiger partial charge in [-0.15, -0.1) is 11.8 Å². The molecule has 0 amide bonds. The summed E-state index contributed by atoms with van der Waals surface area (Å²) in [6, 6.07) is 91.7. The van der Waals surface area contributed by atoms with Gasteiger partial charge in [0.2, 0.25) is 17.6 Å². The number of rotatable bonds is 16. The van der Waals surface area contributed by atoms with Crippen molar-refractivity contribution in [2.75, 3.05) is 0 Å². The molecule has 0 spiro atoms. The molecule has 0 aliphatic carbocycles. The van der Waals surface area contributed by atoms with Gasteiger partial charge in [0.25, 0.3) is 0 Å². The van der Waals surface area contributed by atoms with Crippen LogP contribution in [0.2, 0.25) is 0 Å². The summed E-state index contributed by atoms with van der Waals surface area (Å²) in [5.74, 6) is 3.63. The number of ether oxygens (including phenoxy) is 3. The molecule has 120 heavy (non-hydrogen) atoms. The molecule has 8 aromatic heterocycles. The van der Waals surface area contributed by atoms with Crippen LogP contribution in [0.1, 0.15) is 55.4 Å². The second-order valence-electron chi connectivity index (χ2n) is 29.6. The van der Waals surface area contributed by atoms with E-state index < -0.39 is 0 Å². The van der Waals surface area contributed by atoms with Gasteiger partial charge in [0.15, 0.2) is 23.3 Å². The number of hydrogen-bond acceptors (Lipinski definition) is 20. The molecule has 0 aliphatic rings. The molecule has 0 saturated heterocycles. The summed E-state index contributed by atoms with van der Waals surface area (Å²) >= 11 is 1.68. The van der Waals surface area contributed by atoms with E-state index in [-0.39, 0.29) is 41.3 Å². The number of phenols is 4. The van der Waals surface area contributed by atoms with E-state index in [9.17, 15) is 20.4 Å². The average molecular weight is 1600 g/mol. The maximum Gasteiger partial charge on any atom is 0.217 e. The van der Waals surface area contributed by atoms with Crippen LogP contribution >= 0.6 is 11.8 Å². The Labute approximate surface area is 693 Å². The van der Waals surface area contributed by atoms with E-state index in [1.54, 1.807) is 78.5 Å². The Bertz CT molecular complexity index is 7170. The largest absolute Gasteiger partial charge is 0.507 e. The number of benzene rings is 12. The van der Waals surface area contributed by atoms with Crippen molar-refractivity contribution in [3.8, 4) is 131 Å². The van der Waals surface area contributed by atoms with Crippen LogP contribution in [0, 0.1) is 0 Å². The molecule has 0 unspecified atom stereocenters. The molecule has 0 aliphatic heterocycles. The number of furan rings is 4. The number of phenolic OH excluding ortho intramolecular Hbond substituents is 4. The van der Waals surface area contributed by atoms with Crippen molar-refractivity contribution in [2.24, 2.45) is 0 Å². The molecule has 592 valence electrons. The lowest BCUT2D eigenvalue weighted by molar-refractivity contribution is 0.232. The maximum atomic E-state index is 10.4. The Balaban J connectivity index is 0.000000114. The van der Waals surface area contributed by atoms with Crippen LogP contribution < -0.4 is 14.2 Å². The van der Waals surface area contributed by atoms with Gasteiger partial charge in [-0.05, 0) is 163 Å². The fourth-order valence-electron chi connectivity index (χ4n) is 14.3. The third kappa shape index (κ3) is 16.5. The molecule has 0 radical (unpaired) electrons. The highest BCUT2D eigenvalue weighted by atomic mass is 32.2. The van der Waals surface area contributed by atoms with Crippen molar-refractivity contribution in [1.82, 2.24) is 39.9 Å². The topological polar surface area (TPSA) is 264 Å². The van der Waals surface area contributed by atoms with Crippen molar-refractivity contribution in [3.05, 3.63) is 291 Å². The molecule has 19 nitrogen and oxygen atoms in total. The van der Waals surface area contributed by atoms with Crippen LogP contribution in [0.25, 0.3) is 178 Å². The molecule has 8 heterocycles. The van der Waals surface area contributed by atoms with E-state index in [0.717, 1.165) is 121 Å². The first kappa shape index (κ1) is 77.7. The standard InChI is InChI=1S/3C25H20N2O3.C25H20N2O2S/c1-15(2)29-23-14-20(26-25(27-23)19-9-3-5-12-21(19)28)18-11-7-10-17-16-8-4-6-13-22(16)30-24(17)18;1-15(2)29-24-14-20(26-25(27-24)19-8-3-5-9-21(19)28)16-11-12-18-17-7-4-6-10-22(17)30-23(18)13-16;1-15(2)29-24-14-20(26-25(27-24)18-8-3-5-9-21(18)28)16-11-12-23-19(13-16)17-7-4-6-10-22(17)30-23;1-15(2)30-23-14-19(26-25(27-23)17-8-3-5-11-20(17)28)16-10-7-13-22-24(16)18-9-4-6-12-21(18)29-22/h4*3-15,28H,1-2H3. The molecule has 20 heteroatoms. The molecule has 0 bridgehead atoms. The zero-order chi connectivity index (χ0) is 82.7. The first-order valence-electron chi connectivity index (χ1n) is 39.4. The number of hydrogen-bond donors (Lipinski definition) is 4. The minimum Gasteiger partial charge on any atom is -0.507 e. The summed E-state index contributed by atoms with van der Waals surface area (Å²) in [6.07, 6.45) is -0.125. The predicted octanol–water partition coefficient (Wildman–Crippen LogP) is 25.5. The molecule has 12 aromatic carbocycles. The second-order valence-corrected chi connectivity index (χ2v) is 31.2. The Kier molecular flexibility index (Phi) is 21.8. The first-order chi connectivity index (χ1) is 58.4. The number of thioether (sulfide) groups is 1. The SMILES string of the molecule is CC(C)Oc1cc(-c2ccc3c(c2)oc2ccccc23)nc(-c2ccccc2O)n1.CC(C)Oc1cc(-c2ccc3oc4ccccc4c3c2)nc(-c2ccccc2O)n1.CC(C)Oc1cc(-c2cccc3c2oc2ccccc23)nc(-c2ccccc2O)n1.CC(C)Sc1cc(-c2cccc3oc4ccccc4c23)nc(-c2ccccc2O)n1. The Hall–Kier alpha value is -14.9. The van der Waals surface area contributed by atoms with E-state index >= 15 is 0 Å². The summed E-state index contributed by atoms with van der Waals surface area (Å²) in [5.41, 5.74) is 15.4. The highest BCUT2D eigenvalue weighted by molar-refractivity contribution is 7.99. The number of aromatic hydroxyl groups is 4. The van der Waals surface area contributed by atoms with Gasteiger partial charge in [-0.3, -0.25) is 0 Å². The van der Waals surface area contributed by atoms with Gasteiger partial charge in [0, 0.05) is 88.8 Å². The van der Waals surface area contributed by atoms with Gasteiger partial charge in [-0.1, -0.05) is 166 Å². The molecule has 0 saturated carbocycles. The fraction of sp³-hybridized carbons (Fsp3) is 0.120. The Morgan fingerprint density at radius 2 is 0.600 bits per heavy atom. The third-order valence-electron chi connectivity index (χ3n) is 19.5. The van der Waals surface area contributed by atoms with Gasteiger partial charge in [0.1, 0.15) is 72.7 Å². The fourth-order valence-corrected chi connectivity index (χ4v) is 15.1. The smallest absolute Gasteiger partial charge is 0.217 e. The Morgan fingerprint density at radius 3 is 1.11 bits per heavy atom. The van der Waals surface area contributed by atoms with Gasteiger partial charge in [-0.2, -0.15) is 15.0 Å². The first-order valence-corrected chi connectivity index (χ1v) is 40.3. The minimum atomic E-state index is -0.0491. The van der Waals surface area contributed by atoms with Gasteiger partial charge < -0.3 is 52.3 Å². The van der Waals surface area contributed by atoms with Crippen LogP contribution in [0.15, 0.2) is 314 Å². The molecule has 20 rings (SSSR count). The van der Waals surface area contributed by atoms with Crippen molar-refractivity contribution < 1.29 is 52.3 Å². The lowest BCUT2D eigenvalue weighted by Crippen LogP contribution is -2.08. The molecule has 20 aromatic rings. The van der Waals surface area contributed by atoms with E-state index in [0.29, 0.717) is 85.5 Å². The molecule has 4 N–H and O–H groups in total. The van der Waals surface area contributed by atoms with E-state index in [1.165, 1.54) is 0 Å². The van der Waals surface area contributed by atoms with Crippen LogP contribution in [0.4, 0.5) is 0 Å². The van der Waals surface area contributed by atoms with Crippen molar-refractivity contribution in [1.29, 1.82) is 0 Å². The van der Waals surface area contributed by atoms with Gasteiger partial charge >= 0.3 is 0 Å².